The van der Waals surface area contributed by atoms with Gasteiger partial charge in [-0.2, -0.15) is 0 Å². The molecule has 27 heavy (non-hydrogen) atoms. The second kappa shape index (κ2) is 8.58. The molecule has 0 spiro atoms. The van der Waals surface area contributed by atoms with Gasteiger partial charge in [-0.15, -0.1) is 0 Å². The lowest BCUT2D eigenvalue weighted by molar-refractivity contribution is -0.0233. The number of benzene rings is 2. The Labute approximate surface area is 159 Å². The molecule has 144 valence electrons. The quantitative estimate of drug-likeness (QED) is 0.546. The van der Waals surface area contributed by atoms with E-state index < -0.39 is 17.9 Å². The fraction of sp³-hybridized carbons (Fsp3) is 0.333. The van der Waals surface area contributed by atoms with Gasteiger partial charge in [-0.25, -0.2) is 4.79 Å². The third-order valence-electron chi connectivity index (χ3n) is 3.58. The lowest BCUT2D eigenvalue weighted by atomic mass is 9.99. The number of carbonyl (C=O) groups excluding carboxylic acids is 2. The number of methoxy groups -OCH3 is 2. The minimum Gasteiger partial charge on any atom is -0.497 e. The zero-order valence-electron chi connectivity index (χ0n) is 16.1. The fourth-order valence-electron chi connectivity index (χ4n) is 2.38. The zero-order valence-corrected chi connectivity index (χ0v) is 16.1. The van der Waals surface area contributed by atoms with Crippen LogP contribution in [0.2, 0.25) is 0 Å². The first-order valence-corrected chi connectivity index (χ1v) is 8.45. The normalized spacial score (nSPS) is 12.0. The molecule has 6 nitrogen and oxygen atoms in total. The van der Waals surface area contributed by atoms with E-state index in [0.717, 1.165) is 0 Å². The topological polar surface area (TPSA) is 71.1 Å². The van der Waals surface area contributed by atoms with Crippen molar-refractivity contribution in [3.63, 3.8) is 0 Å². The lowest BCUT2D eigenvalue weighted by Gasteiger charge is -2.23. The fourth-order valence-corrected chi connectivity index (χ4v) is 2.38. The second-order valence-corrected chi connectivity index (χ2v) is 6.84. The number of ether oxygens (including phenoxy) is 4. The molecular formula is C21H24O6. The van der Waals surface area contributed by atoms with Crippen molar-refractivity contribution in [2.45, 2.75) is 32.5 Å². The highest BCUT2D eigenvalue weighted by atomic mass is 16.7. The van der Waals surface area contributed by atoms with Gasteiger partial charge in [0.15, 0.2) is 6.10 Å². The van der Waals surface area contributed by atoms with Crippen LogP contribution in [0.1, 0.15) is 42.8 Å². The van der Waals surface area contributed by atoms with Crippen molar-refractivity contribution in [2.75, 3.05) is 14.2 Å². The maximum absolute atomic E-state index is 13.0. The summed E-state index contributed by atoms with van der Waals surface area (Å²) in [5.41, 5.74) is 0.0857. The van der Waals surface area contributed by atoms with Gasteiger partial charge in [0.25, 0.3) is 0 Å². The number of hydrogen-bond acceptors (Lipinski definition) is 6. The number of Topliss-reactive ketones (excluding diaryl/α,β-unsaturated/α-hetero) is 1. The van der Waals surface area contributed by atoms with Gasteiger partial charge in [0.1, 0.15) is 17.1 Å². The van der Waals surface area contributed by atoms with Crippen LogP contribution in [0, 0.1) is 0 Å². The maximum Gasteiger partial charge on any atom is 0.509 e. The maximum atomic E-state index is 13.0. The molecule has 2 aromatic carbocycles. The van der Waals surface area contributed by atoms with Crippen molar-refractivity contribution in [1.82, 2.24) is 0 Å². The summed E-state index contributed by atoms with van der Waals surface area (Å²) < 4.78 is 21.1. The molecule has 2 rings (SSSR count). The lowest BCUT2D eigenvalue weighted by Crippen LogP contribution is -2.28. The van der Waals surface area contributed by atoms with Crippen LogP contribution in [0.4, 0.5) is 4.79 Å². The molecule has 0 saturated heterocycles. The number of hydrogen-bond donors (Lipinski definition) is 0. The van der Waals surface area contributed by atoms with E-state index in [1.165, 1.54) is 14.2 Å². The third kappa shape index (κ3) is 5.74. The van der Waals surface area contributed by atoms with E-state index in [2.05, 4.69) is 0 Å². The van der Waals surface area contributed by atoms with Crippen LogP contribution in [0.25, 0.3) is 0 Å². The van der Waals surface area contributed by atoms with Gasteiger partial charge in [-0.1, -0.05) is 30.3 Å². The average Bonchev–Trinajstić information content (AvgIpc) is 2.64. The molecule has 0 N–H and O–H groups in total. The summed E-state index contributed by atoms with van der Waals surface area (Å²) in [6, 6.07) is 13.5. The largest absolute Gasteiger partial charge is 0.509 e. The van der Waals surface area contributed by atoms with Gasteiger partial charge in [0.05, 0.1) is 14.2 Å². The highest BCUT2D eigenvalue weighted by Gasteiger charge is 2.29. The predicted octanol–water partition coefficient (Wildman–Crippen LogP) is 4.58. The molecule has 0 radical (unpaired) electrons. The van der Waals surface area contributed by atoms with E-state index in [0.29, 0.717) is 22.6 Å². The van der Waals surface area contributed by atoms with Gasteiger partial charge >= 0.3 is 6.16 Å². The first-order valence-electron chi connectivity index (χ1n) is 8.45. The summed E-state index contributed by atoms with van der Waals surface area (Å²) in [5, 5.41) is 0. The molecule has 0 saturated carbocycles. The summed E-state index contributed by atoms with van der Waals surface area (Å²) in [7, 11) is 3.00. The van der Waals surface area contributed by atoms with Crippen molar-refractivity contribution >= 4 is 11.9 Å². The van der Waals surface area contributed by atoms with Crippen LogP contribution >= 0.6 is 0 Å². The van der Waals surface area contributed by atoms with Gasteiger partial charge in [-0.05, 0) is 32.9 Å². The molecule has 0 fully saturated rings. The molecule has 0 aliphatic heterocycles. The smallest absolute Gasteiger partial charge is 0.497 e. The zero-order chi connectivity index (χ0) is 20.0. The van der Waals surface area contributed by atoms with Crippen LogP contribution in [-0.4, -0.2) is 31.8 Å². The van der Waals surface area contributed by atoms with Crippen molar-refractivity contribution in [3.8, 4) is 11.5 Å². The Morgan fingerprint density at radius 2 is 1.44 bits per heavy atom. The average molecular weight is 372 g/mol. The van der Waals surface area contributed by atoms with Crippen LogP contribution < -0.4 is 9.47 Å². The Bertz CT molecular complexity index is 770. The van der Waals surface area contributed by atoms with Crippen molar-refractivity contribution in [1.29, 1.82) is 0 Å². The highest BCUT2D eigenvalue weighted by Crippen LogP contribution is 2.31. The minimum absolute atomic E-state index is 0.378. The van der Waals surface area contributed by atoms with Gasteiger partial charge < -0.3 is 18.9 Å². The van der Waals surface area contributed by atoms with Crippen molar-refractivity contribution in [3.05, 3.63) is 59.7 Å². The molecule has 1 unspecified atom stereocenters. The predicted molar refractivity (Wildman–Crippen MR) is 100 cm³/mol. The van der Waals surface area contributed by atoms with Gasteiger partial charge in [0, 0.05) is 17.2 Å². The van der Waals surface area contributed by atoms with E-state index in [1.807, 2.05) is 0 Å². The number of ketones is 1. The van der Waals surface area contributed by atoms with Gasteiger partial charge in [-0.3, -0.25) is 4.79 Å². The van der Waals surface area contributed by atoms with E-state index in [9.17, 15) is 9.59 Å². The molecule has 0 aliphatic carbocycles. The summed E-state index contributed by atoms with van der Waals surface area (Å²) in [6.07, 6.45) is -2.13. The van der Waals surface area contributed by atoms with Crippen molar-refractivity contribution < 1.29 is 28.5 Å². The Kier molecular flexibility index (Phi) is 6.45. The molecule has 0 aliphatic rings. The SMILES string of the molecule is COc1cc(OC)cc(C(OC(=O)OC(C)(C)C)C(=O)c2ccccc2)c1. The Balaban J connectivity index is 2.43. The molecule has 1 atom stereocenters. The summed E-state index contributed by atoms with van der Waals surface area (Å²) in [5.74, 6) is 0.572. The van der Waals surface area contributed by atoms with E-state index >= 15 is 0 Å². The molecular weight excluding hydrogens is 348 g/mol. The first kappa shape index (κ1) is 20.3. The Morgan fingerprint density at radius 1 is 0.889 bits per heavy atom. The van der Waals surface area contributed by atoms with Crippen LogP contribution in [-0.2, 0) is 9.47 Å². The molecule has 6 heteroatoms. The summed E-state index contributed by atoms with van der Waals surface area (Å²) in [4.78, 5) is 25.3. The molecule has 2 aromatic rings. The van der Waals surface area contributed by atoms with E-state index in [4.69, 9.17) is 18.9 Å². The Morgan fingerprint density at radius 3 is 1.93 bits per heavy atom. The van der Waals surface area contributed by atoms with E-state index in [-0.39, 0.29) is 5.78 Å². The molecule has 0 amide bonds. The number of rotatable bonds is 6. The number of carbonyl (C=O) groups is 2. The first-order chi connectivity index (χ1) is 12.7. The van der Waals surface area contributed by atoms with Crippen LogP contribution in [0.5, 0.6) is 11.5 Å². The monoisotopic (exact) mass is 372 g/mol. The molecule has 0 heterocycles. The van der Waals surface area contributed by atoms with Crippen molar-refractivity contribution in [2.24, 2.45) is 0 Å². The van der Waals surface area contributed by atoms with Gasteiger partial charge in [0.2, 0.25) is 5.78 Å². The molecule has 0 bridgehead atoms. The summed E-state index contributed by atoms with van der Waals surface area (Å²) in [6.45, 7) is 5.16. The Hall–Kier alpha value is -3.02. The summed E-state index contributed by atoms with van der Waals surface area (Å²) >= 11 is 0. The standard InChI is InChI=1S/C21H24O6/c1-21(2,3)27-20(23)26-19(18(22)14-9-7-6-8-10-14)15-11-16(24-4)13-17(12-15)25-5/h6-13,19H,1-5H3. The third-order valence-corrected chi connectivity index (χ3v) is 3.58. The minimum atomic E-state index is -1.20. The van der Waals surface area contributed by atoms with Crippen LogP contribution in [0.15, 0.2) is 48.5 Å². The highest BCUT2D eigenvalue weighted by molar-refractivity contribution is 6.00. The van der Waals surface area contributed by atoms with Crippen LogP contribution in [0.3, 0.4) is 0 Å². The molecule has 0 aromatic heterocycles. The second-order valence-electron chi connectivity index (χ2n) is 6.84. The van der Waals surface area contributed by atoms with E-state index in [1.54, 1.807) is 69.3 Å².